The number of rotatable bonds is 5. The molecule has 0 atom stereocenters. The second kappa shape index (κ2) is 7.04. The van der Waals surface area contributed by atoms with Gasteiger partial charge in [0.25, 0.3) is 5.91 Å². The summed E-state index contributed by atoms with van der Waals surface area (Å²) in [6.07, 6.45) is 2.78. The van der Waals surface area contributed by atoms with Crippen molar-refractivity contribution in [3.63, 3.8) is 0 Å². The number of hydrogen-bond acceptors (Lipinski definition) is 5. The number of amides is 1. The molecule has 2 heterocycles. The molecular formula is C17H17N3O5S. The molecule has 0 saturated carbocycles. The summed E-state index contributed by atoms with van der Waals surface area (Å²) in [6.45, 7) is 0.237. The number of benzene rings is 1. The lowest BCUT2D eigenvalue weighted by Gasteiger charge is -2.23. The first kappa shape index (κ1) is 17.7. The van der Waals surface area contributed by atoms with Crippen molar-refractivity contribution in [2.45, 2.75) is 6.54 Å². The van der Waals surface area contributed by atoms with Gasteiger partial charge in [0.05, 0.1) is 13.4 Å². The van der Waals surface area contributed by atoms with E-state index in [9.17, 15) is 13.2 Å². The number of ether oxygens (including phenoxy) is 1. The maximum absolute atomic E-state index is 12.5. The van der Waals surface area contributed by atoms with Crippen LogP contribution in [0, 0.1) is 0 Å². The smallest absolute Gasteiger partial charge is 0.345 e. The molecule has 8 nitrogen and oxygen atoms in total. The predicted octanol–water partition coefficient (Wildman–Crippen LogP) is 1.47. The van der Waals surface area contributed by atoms with Crippen molar-refractivity contribution in [3.05, 3.63) is 65.8 Å². The van der Waals surface area contributed by atoms with Crippen molar-refractivity contribution in [1.29, 1.82) is 0 Å². The summed E-state index contributed by atoms with van der Waals surface area (Å²) < 4.78 is 39.2. The highest BCUT2D eigenvalue weighted by molar-refractivity contribution is 7.88. The van der Waals surface area contributed by atoms with E-state index in [0.717, 1.165) is 9.87 Å². The number of furan rings is 1. The maximum Gasteiger partial charge on any atom is 0.345 e. The molecule has 0 bridgehead atoms. The zero-order valence-corrected chi connectivity index (χ0v) is 15.0. The van der Waals surface area contributed by atoms with E-state index in [1.807, 2.05) is 12.1 Å². The number of nitrogens with one attached hydrogen (secondary N) is 1. The topological polar surface area (TPSA) is 101 Å². The highest BCUT2D eigenvalue weighted by Crippen LogP contribution is 2.20. The van der Waals surface area contributed by atoms with Gasteiger partial charge < -0.3 is 14.5 Å². The van der Waals surface area contributed by atoms with Gasteiger partial charge in [0.15, 0.2) is 5.76 Å². The Bertz CT molecular complexity index is 960. The van der Waals surface area contributed by atoms with E-state index in [1.54, 1.807) is 31.4 Å². The van der Waals surface area contributed by atoms with Gasteiger partial charge in [0.1, 0.15) is 17.2 Å². The van der Waals surface area contributed by atoms with Crippen LogP contribution in [0.3, 0.4) is 0 Å². The SMILES string of the molecule is COc1ccc(CNC(=O)C2=CC(c3ccco3)=NS(=O)(=O)N2C)cc1. The molecule has 1 aromatic heterocycles. The van der Waals surface area contributed by atoms with Gasteiger partial charge in [-0.2, -0.15) is 8.42 Å². The van der Waals surface area contributed by atoms with E-state index in [1.165, 1.54) is 19.4 Å². The van der Waals surface area contributed by atoms with E-state index in [0.29, 0.717) is 5.75 Å². The number of carbonyl (C=O) groups excluding carboxylic acids is 1. The molecule has 0 unspecified atom stereocenters. The minimum Gasteiger partial charge on any atom is -0.497 e. The first-order valence-electron chi connectivity index (χ1n) is 7.66. The lowest BCUT2D eigenvalue weighted by molar-refractivity contribution is -0.118. The van der Waals surface area contributed by atoms with Crippen LogP contribution in [0.2, 0.25) is 0 Å². The zero-order valence-electron chi connectivity index (χ0n) is 14.2. The van der Waals surface area contributed by atoms with Crippen LogP contribution < -0.4 is 10.1 Å². The van der Waals surface area contributed by atoms with E-state index in [4.69, 9.17) is 9.15 Å². The molecule has 0 aliphatic carbocycles. The van der Waals surface area contributed by atoms with Crippen LogP contribution in [-0.2, 0) is 21.5 Å². The molecule has 0 saturated heterocycles. The van der Waals surface area contributed by atoms with Gasteiger partial charge in [-0.05, 0) is 35.9 Å². The standard InChI is InChI=1S/C17H17N3O5S/c1-20-15(10-14(19-26(20,22)23)16-4-3-9-25-16)17(21)18-11-12-5-7-13(24-2)8-6-12/h3-10H,11H2,1-2H3,(H,18,21). The van der Waals surface area contributed by atoms with Gasteiger partial charge in [-0.15, -0.1) is 4.40 Å². The highest BCUT2D eigenvalue weighted by Gasteiger charge is 2.30. The van der Waals surface area contributed by atoms with E-state index in [-0.39, 0.29) is 23.7 Å². The van der Waals surface area contributed by atoms with Crippen LogP contribution in [0.15, 0.2) is 63.2 Å². The van der Waals surface area contributed by atoms with Crippen LogP contribution in [0.4, 0.5) is 0 Å². The van der Waals surface area contributed by atoms with Crippen LogP contribution in [0.5, 0.6) is 5.75 Å². The molecule has 1 aliphatic heterocycles. The average molecular weight is 375 g/mol. The molecule has 9 heteroatoms. The summed E-state index contributed by atoms with van der Waals surface area (Å²) in [4.78, 5) is 12.5. The monoisotopic (exact) mass is 375 g/mol. The summed E-state index contributed by atoms with van der Waals surface area (Å²) in [5.41, 5.74) is 0.878. The fraction of sp³-hybridized carbons (Fsp3) is 0.176. The van der Waals surface area contributed by atoms with Gasteiger partial charge in [-0.25, -0.2) is 4.31 Å². The van der Waals surface area contributed by atoms with Gasteiger partial charge in [0, 0.05) is 13.6 Å². The Hall–Kier alpha value is -3.07. The number of nitrogens with zero attached hydrogens (tertiary/aromatic N) is 2. The average Bonchev–Trinajstić information content (AvgIpc) is 3.17. The molecule has 2 aromatic rings. The summed E-state index contributed by atoms with van der Waals surface area (Å²) in [5, 5.41) is 2.70. The first-order chi connectivity index (χ1) is 12.4. The lowest BCUT2D eigenvalue weighted by Crippen LogP contribution is -2.38. The molecule has 0 fully saturated rings. The van der Waals surface area contributed by atoms with E-state index < -0.39 is 16.1 Å². The Labute approximate surface area is 151 Å². The number of methoxy groups -OCH3 is 1. The van der Waals surface area contributed by atoms with E-state index >= 15 is 0 Å². The summed E-state index contributed by atoms with van der Waals surface area (Å²) >= 11 is 0. The molecule has 0 radical (unpaired) electrons. The molecule has 3 rings (SSSR count). The third kappa shape index (κ3) is 3.62. The highest BCUT2D eigenvalue weighted by atomic mass is 32.2. The Morgan fingerprint density at radius 3 is 2.62 bits per heavy atom. The molecule has 1 N–H and O–H groups in total. The van der Waals surface area contributed by atoms with Gasteiger partial charge in [0.2, 0.25) is 0 Å². The maximum atomic E-state index is 12.5. The lowest BCUT2D eigenvalue weighted by atomic mass is 10.2. The van der Waals surface area contributed by atoms with Crippen LogP contribution in [-0.4, -0.2) is 38.5 Å². The van der Waals surface area contributed by atoms with Crippen LogP contribution in [0.25, 0.3) is 0 Å². The van der Waals surface area contributed by atoms with Gasteiger partial charge >= 0.3 is 10.2 Å². The second-order valence-corrected chi connectivity index (χ2v) is 7.09. The predicted molar refractivity (Wildman–Crippen MR) is 94.9 cm³/mol. The van der Waals surface area contributed by atoms with Crippen molar-refractivity contribution >= 4 is 21.8 Å². The minimum absolute atomic E-state index is 0.0417. The van der Waals surface area contributed by atoms with Crippen LogP contribution in [0.1, 0.15) is 11.3 Å². The third-order valence-corrected chi connectivity index (χ3v) is 5.11. The van der Waals surface area contributed by atoms with Crippen LogP contribution >= 0.6 is 0 Å². The molecule has 1 amide bonds. The van der Waals surface area contributed by atoms with Crippen molar-refractivity contribution in [2.75, 3.05) is 14.2 Å². The largest absolute Gasteiger partial charge is 0.497 e. The molecule has 1 aromatic carbocycles. The van der Waals surface area contributed by atoms with Crippen molar-refractivity contribution in [2.24, 2.45) is 4.40 Å². The third-order valence-electron chi connectivity index (χ3n) is 3.79. The fourth-order valence-electron chi connectivity index (χ4n) is 2.32. The number of carbonyl (C=O) groups is 1. The normalized spacial score (nSPS) is 15.8. The summed E-state index contributed by atoms with van der Waals surface area (Å²) in [5.74, 6) is 0.438. The molecule has 1 aliphatic rings. The molecule has 136 valence electrons. The molecular weight excluding hydrogens is 358 g/mol. The Morgan fingerprint density at radius 1 is 1.27 bits per heavy atom. The second-order valence-electron chi connectivity index (χ2n) is 5.46. The summed E-state index contributed by atoms with van der Waals surface area (Å²) in [7, 11) is -1.16. The Morgan fingerprint density at radius 2 is 2.00 bits per heavy atom. The number of likely N-dealkylation sites (N-methyl/N-ethyl adjacent to an activating group) is 1. The molecule has 26 heavy (non-hydrogen) atoms. The van der Waals surface area contributed by atoms with E-state index in [2.05, 4.69) is 9.71 Å². The van der Waals surface area contributed by atoms with Crippen molar-refractivity contribution in [1.82, 2.24) is 9.62 Å². The van der Waals surface area contributed by atoms with Gasteiger partial charge in [-0.3, -0.25) is 4.79 Å². The summed E-state index contributed by atoms with van der Waals surface area (Å²) in [6, 6.07) is 10.4. The first-order valence-corrected chi connectivity index (χ1v) is 9.06. The Kier molecular flexibility index (Phi) is 4.81. The van der Waals surface area contributed by atoms with Crippen molar-refractivity contribution in [3.8, 4) is 5.75 Å². The Balaban J connectivity index is 1.79. The van der Waals surface area contributed by atoms with Gasteiger partial charge in [-0.1, -0.05) is 12.1 Å². The minimum atomic E-state index is -4.01. The quantitative estimate of drug-likeness (QED) is 0.853. The number of allylic oxidation sites excluding steroid dienone is 1. The molecule has 0 spiro atoms. The number of hydrogen-bond donors (Lipinski definition) is 1. The fourth-order valence-corrected chi connectivity index (χ4v) is 3.22. The van der Waals surface area contributed by atoms with Crippen molar-refractivity contribution < 1.29 is 22.4 Å². The zero-order chi connectivity index (χ0) is 18.7.